The fraction of sp³-hybridized carbons (Fsp3) is 0. The molecule has 0 aromatic heterocycles. The van der Waals surface area contributed by atoms with Gasteiger partial charge in [-0.15, -0.1) is 0 Å². The summed E-state index contributed by atoms with van der Waals surface area (Å²) in [7, 11) is 0. The third-order valence-electron chi connectivity index (χ3n) is 3.23. The molecule has 114 valence electrons. The number of hydrogen-bond acceptors (Lipinski definition) is 2. The van der Waals surface area contributed by atoms with Crippen molar-refractivity contribution in [3.63, 3.8) is 0 Å². The van der Waals surface area contributed by atoms with Gasteiger partial charge in [-0.2, -0.15) is 0 Å². The minimum Gasteiger partial charge on any atom is -0.289 e. The number of halogens is 2. The average Bonchev–Trinajstić information content (AvgIpc) is 2.54. The third-order valence-corrected chi connectivity index (χ3v) is 4.28. The molecule has 23 heavy (non-hydrogen) atoms. The van der Waals surface area contributed by atoms with Crippen molar-refractivity contribution in [2.75, 3.05) is 0 Å². The van der Waals surface area contributed by atoms with Crippen LogP contribution in [-0.4, -0.2) is 5.78 Å². The van der Waals surface area contributed by atoms with Gasteiger partial charge in [-0.25, -0.2) is 8.78 Å². The predicted molar refractivity (Wildman–Crippen MR) is 86.8 cm³/mol. The quantitative estimate of drug-likeness (QED) is 0.601. The lowest BCUT2D eigenvalue weighted by Crippen LogP contribution is -2.02. The second kappa shape index (κ2) is 6.75. The van der Waals surface area contributed by atoms with E-state index in [2.05, 4.69) is 0 Å². The van der Waals surface area contributed by atoms with Gasteiger partial charge in [-0.1, -0.05) is 54.2 Å². The summed E-state index contributed by atoms with van der Waals surface area (Å²) < 4.78 is 26.7. The molecule has 0 aliphatic rings. The number of benzene rings is 3. The lowest BCUT2D eigenvalue weighted by molar-refractivity contribution is 0.103. The molecule has 0 fully saturated rings. The number of carbonyl (C=O) groups is 1. The van der Waals surface area contributed by atoms with Gasteiger partial charge in [0.2, 0.25) is 0 Å². The predicted octanol–water partition coefficient (Wildman–Crippen LogP) is 5.35. The lowest BCUT2D eigenvalue weighted by atomic mass is 10.0. The Labute approximate surface area is 137 Å². The Hall–Kier alpha value is -2.46. The SMILES string of the molecule is O=C(c1ccccc1)c1ccccc1Sc1cc(F)cc(F)c1. The van der Waals surface area contributed by atoms with Crippen molar-refractivity contribution in [2.24, 2.45) is 0 Å². The first-order valence-corrected chi connectivity index (χ1v) is 7.78. The largest absolute Gasteiger partial charge is 0.289 e. The molecule has 0 bridgehead atoms. The number of carbonyl (C=O) groups excluding carboxylic acids is 1. The molecule has 3 rings (SSSR count). The fourth-order valence-corrected chi connectivity index (χ4v) is 3.22. The first-order chi connectivity index (χ1) is 11.1. The molecule has 0 saturated heterocycles. The smallest absolute Gasteiger partial charge is 0.194 e. The molecule has 0 saturated carbocycles. The van der Waals surface area contributed by atoms with E-state index in [9.17, 15) is 13.6 Å². The summed E-state index contributed by atoms with van der Waals surface area (Å²) in [5, 5.41) is 0. The summed E-state index contributed by atoms with van der Waals surface area (Å²) in [6, 6.07) is 19.3. The van der Waals surface area contributed by atoms with Crippen LogP contribution in [0.2, 0.25) is 0 Å². The first kappa shape index (κ1) is 15.4. The van der Waals surface area contributed by atoms with Gasteiger partial charge in [-0.3, -0.25) is 4.79 Å². The van der Waals surface area contributed by atoms with E-state index in [1.807, 2.05) is 6.07 Å². The van der Waals surface area contributed by atoms with Crippen LogP contribution in [-0.2, 0) is 0 Å². The number of ketones is 1. The summed E-state index contributed by atoms with van der Waals surface area (Å²) in [5.74, 6) is -1.40. The molecular formula is C19H12F2OS. The van der Waals surface area contributed by atoms with Gasteiger partial charge in [0.25, 0.3) is 0 Å². The van der Waals surface area contributed by atoms with Crippen molar-refractivity contribution in [1.29, 1.82) is 0 Å². The van der Waals surface area contributed by atoms with E-state index < -0.39 is 11.6 Å². The Morgan fingerprint density at radius 2 is 1.39 bits per heavy atom. The molecule has 0 radical (unpaired) electrons. The van der Waals surface area contributed by atoms with E-state index >= 15 is 0 Å². The third kappa shape index (κ3) is 3.66. The zero-order valence-corrected chi connectivity index (χ0v) is 12.8. The number of hydrogen-bond donors (Lipinski definition) is 0. The summed E-state index contributed by atoms with van der Waals surface area (Å²) >= 11 is 1.16. The highest BCUT2D eigenvalue weighted by Crippen LogP contribution is 2.32. The van der Waals surface area contributed by atoms with Crippen molar-refractivity contribution in [3.8, 4) is 0 Å². The van der Waals surface area contributed by atoms with Gasteiger partial charge in [0.1, 0.15) is 11.6 Å². The normalized spacial score (nSPS) is 10.5. The molecule has 0 atom stereocenters. The standard InChI is InChI=1S/C19H12F2OS/c20-14-10-15(21)12-16(11-14)23-18-9-5-4-8-17(18)19(22)13-6-2-1-3-7-13/h1-12H. The van der Waals surface area contributed by atoms with Crippen molar-refractivity contribution >= 4 is 17.5 Å². The molecule has 3 aromatic rings. The molecule has 1 nitrogen and oxygen atoms in total. The van der Waals surface area contributed by atoms with Crippen LogP contribution in [0.1, 0.15) is 15.9 Å². The van der Waals surface area contributed by atoms with Gasteiger partial charge in [-0.05, 0) is 24.3 Å². The minimum absolute atomic E-state index is 0.120. The van der Waals surface area contributed by atoms with Gasteiger partial charge in [0, 0.05) is 27.0 Å². The highest BCUT2D eigenvalue weighted by molar-refractivity contribution is 7.99. The molecule has 0 N–H and O–H groups in total. The van der Waals surface area contributed by atoms with Gasteiger partial charge < -0.3 is 0 Å². The molecule has 0 aliphatic carbocycles. The van der Waals surface area contributed by atoms with Crippen molar-refractivity contribution in [1.82, 2.24) is 0 Å². The summed E-state index contributed by atoms with van der Waals surface area (Å²) in [6.45, 7) is 0. The maximum atomic E-state index is 13.3. The van der Waals surface area contributed by atoms with Crippen LogP contribution in [0.3, 0.4) is 0 Å². The molecule has 0 aliphatic heterocycles. The maximum Gasteiger partial charge on any atom is 0.194 e. The molecule has 0 unspecified atom stereocenters. The van der Waals surface area contributed by atoms with Crippen molar-refractivity contribution in [2.45, 2.75) is 9.79 Å². The second-order valence-electron chi connectivity index (χ2n) is 4.90. The zero-order valence-electron chi connectivity index (χ0n) is 12.0. The van der Waals surface area contributed by atoms with Crippen molar-refractivity contribution in [3.05, 3.63) is 95.6 Å². The minimum atomic E-state index is -0.639. The van der Waals surface area contributed by atoms with Crippen LogP contribution in [0.15, 0.2) is 82.6 Å². The fourth-order valence-electron chi connectivity index (χ4n) is 2.20. The van der Waals surface area contributed by atoms with Crippen LogP contribution < -0.4 is 0 Å². The average molecular weight is 326 g/mol. The molecular weight excluding hydrogens is 314 g/mol. The van der Waals surface area contributed by atoms with E-state index in [0.717, 1.165) is 17.8 Å². The highest BCUT2D eigenvalue weighted by atomic mass is 32.2. The van der Waals surface area contributed by atoms with Crippen LogP contribution in [0.25, 0.3) is 0 Å². The van der Waals surface area contributed by atoms with E-state index in [0.29, 0.717) is 20.9 Å². The Morgan fingerprint density at radius 1 is 0.783 bits per heavy atom. The molecule has 0 heterocycles. The monoisotopic (exact) mass is 326 g/mol. The molecule has 4 heteroatoms. The summed E-state index contributed by atoms with van der Waals surface area (Å²) in [6.07, 6.45) is 0. The number of rotatable bonds is 4. The second-order valence-corrected chi connectivity index (χ2v) is 6.01. The van der Waals surface area contributed by atoms with Gasteiger partial charge in [0.15, 0.2) is 5.78 Å². The van der Waals surface area contributed by atoms with E-state index in [4.69, 9.17) is 0 Å². The van der Waals surface area contributed by atoms with Gasteiger partial charge in [0.05, 0.1) is 0 Å². The van der Waals surface area contributed by atoms with Gasteiger partial charge >= 0.3 is 0 Å². The van der Waals surface area contributed by atoms with Crippen LogP contribution in [0, 0.1) is 11.6 Å². The van der Waals surface area contributed by atoms with E-state index in [-0.39, 0.29) is 5.78 Å². The maximum absolute atomic E-state index is 13.3. The molecule has 0 spiro atoms. The highest BCUT2D eigenvalue weighted by Gasteiger charge is 2.14. The van der Waals surface area contributed by atoms with Crippen LogP contribution in [0.4, 0.5) is 8.78 Å². The topological polar surface area (TPSA) is 17.1 Å². The van der Waals surface area contributed by atoms with Crippen LogP contribution in [0.5, 0.6) is 0 Å². The van der Waals surface area contributed by atoms with Crippen molar-refractivity contribution < 1.29 is 13.6 Å². The zero-order chi connectivity index (χ0) is 16.2. The van der Waals surface area contributed by atoms with E-state index in [1.54, 1.807) is 48.5 Å². The van der Waals surface area contributed by atoms with E-state index in [1.165, 1.54) is 12.1 Å². The molecule has 3 aromatic carbocycles. The Balaban J connectivity index is 1.96. The lowest BCUT2D eigenvalue weighted by Gasteiger charge is -2.09. The Bertz CT molecular complexity index is 827. The molecule has 0 amide bonds. The first-order valence-electron chi connectivity index (χ1n) is 6.96. The Morgan fingerprint density at radius 3 is 2.09 bits per heavy atom. The van der Waals surface area contributed by atoms with Crippen LogP contribution >= 0.6 is 11.8 Å². The Kier molecular flexibility index (Phi) is 4.53. The summed E-state index contributed by atoms with van der Waals surface area (Å²) in [4.78, 5) is 13.7. The summed E-state index contributed by atoms with van der Waals surface area (Å²) in [5.41, 5.74) is 1.08.